The molecule has 0 aliphatic carbocycles. The summed E-state index contributed by atoms with van der Waals surface area (Å²) in [5.74, 6) is 1.02. The topological polar surface area (TPSA) is 72.9 Å². The summed E-state index contributed by atoms with van der Waals surface area (Å²) in [7, 11) is 0. The van der Waals surface area contributed by atoms with Gasteiger partial charge in [0.25, 0.3) is 0 Å². The molecule has 0 fully saturated rings. The maximum Gasteiger partial charge on any atom is 0.241 e. The van der Waals surface area contributed by atoms with E-state index in [1.54, 1.807) is 16.9 Å². The highest BCUT2D eigenvalue weighted by Crippen LogP contribution is 2.11. The predicted molar refractivity (Wildman–Crippen MR) is 73.0 cm³/mol. The molecule has 1 heterocycles. The van der Waals surface area contributed by atoms with E-state index in [9.17, 15) is 4.79 Å². The van der Waals surface area contributed by atoms with E-state index < -0.39 is 0 Å². The molecule has 0 aliphatic rings. The number of carbonyl (C=O) groups is 1. The highest BCUT2D eigenvalue weighted by Gasteiger charge is 2.09. The zero-order valence-corrected chi connectivity index (χ0v) is 11.4. The molecule has 1 atom stereocenters. The van der Waals surface area contributed by atoms with Crippen molar-refractivity contribution in [1.29, 1.82) is 0 Å². The van der Waals surface area contributed by atoms with E-state index in [0.29, 0.717) is 11.7 Å². The van der Waals surface area contributed by atoms with Gasteiger partial charge >= 0.3 is 0 Å². The molecule has 1 aromatic heterocycles. The lowest BCUT2D eigenvalue weighted by Gasteiger charge is -2.15. The van der Waals surface area contributed by atoms with Crippen LogP contribution in [0.5, 0.6) is 0 Å². The summed E-state index contributed by atoms with van der Waals surface area (Å²) in [6.07, 6.45) is 6.43. The van der Waals surface area contributed by atoms with Crippen LogP contribution in [-0.2, 0) is 11.3 Å². The van der Waals surface area contributed by atoms with Gasteiger partial charge in [0.1, 0.15) is 12.4 Å². The second-order valence-electron chi connectivity index (χ2n) is 4.66. The Morgan fingerprint density at radius 3 is 2.89 bits per heavy atom. The molecule has 0 saturated heterocycles. The van der Waals surface area contributed by atoms with Crippen LogP contribution >= 0.6 is 0 Å². The zero-order valence-electron chi connectivity index (χ0n) is 11.4. The number of nitrogens with two attached hydrogens (primary N) is 1. The van der Waals surface area contributed by atoms with Gasteiger partial charge in [0.05, 0.1) is 0 Å². The number of carbonyl (C=O) groups excluding carboxylic acids is 1. The van der Waals surface area contributed by atoms with Gasteiger partial charge in [0, 0.05) is 12.7 Å². The molecule has 0 aliphatic heterocycles. The van der Waals surface area contributed by atoms with Crippen molar-refractivity contribution in [1.82, 2.24) is 15.1 Å². The van der Waals surface area contributed by atoms with Crippen LogP contribution in [0.15, 0.2) is 12.3 Å². The molecule has 1 aromatic rings. The summed E-state index contributed by atoms with van der Waals surface area (Å²) in [5.41, 5.74) is 5.49. The van der Waals surface area contributed by atoms with Crippen LogP contribution in [0.4, 0.5) is 5.82 Å². The number of nitrogens with one attached hydrogen (secondary N) is 1. The molecular formula is C13H24N4O. The molecule has 1 amide bonds. The van der Waals surface area contributed by atoms with Gasteiger partial charge < -0.3 is 11.1 Å². The van der Waals surface area contributed by atoms with Crippen molar-refractivity contribution in [2.24, 2.45) is 5.92 Å². The fourth-order valence-electron chi connectivity index (χ4n) is 1.87. The van der Waals surface area contributed by atoms with Crippen molar-refractivity contribution in [3.8, 4) is 0 Å². The normalized spacial score (nSPS) is 12.3. The number of anilines is 1. The molecule has 0 aromatic carbocycles. The zero-order chi connectivity index (χ0) is 13.4. The number of nitrogens with zero attached hydrogens (tertiary/aromatic N) is 2. The lowest BCUT2D eigenvalue weighted by Crippen LogP contribution is -2.32. The minimum atomic E-state index is -0.00644. The third-order valence-corrected chi connectivity index (χ3v) is 3.10. The summed E-state index contributed by atoms with van der Waals surface area (Å²) in [4.78, 5) is 11.7. The average molecular weight is 252 g/mol. The minimum Gasteiger partial charge on any atom is -0.382 e. The monoisotopic (exact) mass is 252 g/mol. The molecular weight excluding hydrogens is 228 g/mol. The molecule has 18 heavy (non-hydrogen) atoms. The number of aromatic nitrogens is 2. The highest BCUT2D eigenvalue weighted by atomic mass is 16.2. The van der Waals surface area contributed by atoms with Gasteiger partial charge in [-0.05, 0) is 18.4 Å². The highest BCUT2D eigenvalue weighted by molar-refractivity contribution is 5.75. The molecule has 0 spiro atoms. The molecule has 1 rings (SSSR count). The quantitative estimate of drug-likeness (QED) is 0.741. The summed E-state index contributed by atoms with van der Waals surface area (Å²) < 4.78 is 1.55. The lowest BCUT2D eigenvalue weighted by molar-refractivity contribution is -0.122. The average Bonchev–Trinajstić information content (AvgIpc) is 2.75. The standard InChI is InChI=1S/C13H24N4O/c1-3-5-6-11(4-2)9-15-13(18)10-17-8-7-12(14)16-17/h7-8,11H,3-6,9-10H2,1-2H3,(H2,14,16)(H,15,18). The van der Waals surface area contributed by atoms with Gasteiger partial charge in [-0.1, -0.05) is 33.1 Å². The third kappa shape index (κ3) is 5.21. The fourth-order valence-corrected chi connectivity index (χ4v) is 1.87. The maximum absolute atomic E-state index is 11.7. The number of amides is 1. The first-order valence-corrected chi connectivity index (χ1v) is 6.71. The van der Waals surface area contributed by atoms with Crippen LogP contribution < -0.4 is 11.1 Å². The van der Waals surface area contributed by atoms with E-state index in [4.69, 9.17) is 5.73 Å². The van der Waals surface area contributed by atoms with Crippen molar-refractivity contribution in [3.05, 3.63) is 12.3 Å². The van der Waals surface area contributed by atoms with Crippen LogP contribution in [0.25, 0.3) is 0 Å². The molecule has 0 radical (unpaired) electrons. The van der Waals surface area contributed by atoms with Crippen molar-refractivity contribution in [2.75, 3.05) is 12.3 Å². The third-order valence-electron chi connectivity index (χ3n) is 3.10. The Bertz CT molecular complexity index is 362. The summed E-state index contributed by atoms with van der Waals surface area (Å²) in [6.45, 7) is 5.35. The largest absolute Gasteiger partial charge is 0.382 e. The Hall–Kier alpha value is -1.52. The first-order valence-electron chi connectivity index (χ1n) is 6.71. The van der Waals surface area contributed by atoms with E-state index in [1.807, 2.05) is 0 Å². The summed E-state index contributed by atoms with van der Waals surface area (Å²) >= 11 is 0. The SMILES string of the molecule is CCCCC(CC)CNC(=O)Cn1ccc(N)n1. The summed E-state index contributed by atoms with van der Waals surface area (Å²) in [6, 6.07) is 1.68. The summed E-state index contributed by atoms with van der Waals surface area (Å²) in [5, 5.41) is 6.94. The Balaban J connectivity index is 2.27. The van der Waals surface area contributed by atoms with Crippen LogP contribution in [0.2, 0.25) is 0 Å². The molecule has 0 bridgehead atoms. The van der Waals surface area contributed by atoms with Crippen LogP contribution in [-0.4, -0.2) is 22.2 Å². The second kappa shape index (κ2) is 7.74. The van der Waals surface area contributed by atoms with E-state index in [0.717, 1.165) is 13.0 Å². The number of hydrogen-bond donors (Lipinski definition) is 2. The van der Waals surface area contributed by atoms with Gasteiger partial charge in [0.15, 0.2) is 0 Å². The predicted octanol–water partition coefficient (Wildman–Crippen LogP) is 1.80. The molecule has 5 heteroatoms. The first kappa shape index (κ1) is 14.5. The van der Waals surface area contributed by atoms with E-state index in [1.165, 1.54) is 19.3 Å². The van der Waals surface area contributed by atoms with Crippen molar-refractivity contribution in [2.45, 2.75) is 46.1 Å². The van der Waals surface area contributed by atoms with E-state index in [2.05, 4.69) is 24.3 Å². The van der Waals surface area contributed by atoms with E-state index >= 15 is 0 Å². The van der Waals surface area contributed by atoms with Gasteiger partial charge in [-0.25, -0.2) is 0 Å². The minimum absolute atomic E-state index is 0.00644. The first-order chi connectivity index (χ1) is 8.65. The number of unbranched alkanes of at least 4 members (excludes halogenated alkanes) is 1. The van der Waals surface area contributed by atoms with Crippen molar-refractivity contribution in [3.63, 3.8) is 0 Å². The Morgan fingerprint density at radius 2 is 2.33 bits per heavy atom. The van der Waals surface area contributed by atoms with Crippen LogP contribution in [0, 0.1) is 5.92 Å². The number of hydrogen-bond acceptors (Lipinski definition) is 3. The van der Waals surface area contributed by atoms with Gasteiger partial charge in [-0.15, -0.1) is 0 Å². The smallest absolute Gasteiger partial charge is 0.241 e. The molecule has 102 valence electrons. The molecule has 5 nitrogen and oxygen atoms in total. The second-order valence-corrected chi connectivity index (χ2v) is 4.66. The van der Waals surface area contributed by atoms with Crippen LogP contribution in [0.3, 0.4) is 0 Å². The molecule has 3 N–H and O–H groups in total. The molecule has 1 unspecified atom stereocenters. The van der Waals surface area contributed by atoms with E-state index in [-0.39, 0.29) is 12.5 Å². The van der Waals surface area contributed by atoms with Crippen molar-refractivity contribution < 1.29 is 4.79 Å². The Kier molecular flexibility index (Phi) is 6.25. The lowest BCUT2D eigenvalue weighted by atomic mass is 9.99. The number of nitrogen functional groups attached to an aromatic ring is 1. The maximum atomic E-state index is 11.7. The Labute approximate surface area is 109 Å². The van der Waals surface area contributed by atoms with Gasteiger partial charge in [0.2, 0.25) is 5.91 Å². The fraction of sp³-hybridized carbons (Fsp3) is 0.692. The number of rotatable bonds is 8. The van der Waals surface area contributed by atoms with Crippen molar-refractivity contribution >= 4 is 11.7 Å². The van der Waals surface area contributed by atoms with Gasteiger partial charge in [-0.3, -0.25) is 9.48 Å². The Morgan fingerprint density at radius 1 is 1.56 bits per heavy atom. The van der Waals surface area contributed by atoms with Gasteiger partial charge in [-0.2, -0.15) is 5.10 Å². The van der Waals surface area contributed by atoms with Crippen LogP contribution in [0.1, 0.15) is 39.5 Å². The molecule has 0 saturated carbocycles.